The maximum Gasteiger partial charge on any atom is 0.414 e. The third-order valence-electron chi connectivity index (χ3n) is 5.22. The van der Waals surface area contributed by atoms with Gasteiger partial charge in [0.2, 0.25) is 0 Å². The van der Waals surface area contributed by atoms with Crippen LogP contribution in [-0.2, 0) is 11.3 Å². The largest absolute Gasteiger partial charge is 0.443 e. The number of nitro groups is 1. The number of anilines is 1. The van der Waals surface area contributed by atoms with Crippen molar-refractivity contribution in [2.24, 2.45) is 0 Å². The number of rotatable bonds is 6. The Morgan fingerprint density at radius 1 is 1.11 bits per heavy atom. The molecule has 0 atom stereocenters. The molecule has 2 aromatic carbocycles. The summed E-state index contributed by atoms with van der Waals surface area (Å²) in [6.45, 7) is 5.99. The van der Waals surface area contributed by atoms with Gasteiger partial charge in [0.05, 0.1) is 27.6 Å². The molecule has 0 fully saturated rings. The fraction of sp³-hybridized carbons (Fsp3) is 0.231. The average molecular weight is 491 g/mol. The number of carbonyl (C=O) groups is 1. The van der Waals surface area contributed by atoms with Gasteiger partial charge in [-0.2, -0.15) is 0 Å². The van der Waals surface area contributed by atoms with E-state index in [2.05, 4.69) is 4.98 Å². The van der Waals surface area contributed by atoms with Crippen LogP contribution in [-0.4, -0.2) is 33.2 Å². The third-order valence-corrected chi connectivity index (χ3v) is 6.33. The Bertz CT molecular complexity index is 1380. The molecule has 0 unspecified atom stereocenters. The zero-order valence-corrected chi connectivity index (χ0v) is 20.8. The summed E-state index contributed by atoms with van der Waals surface area (Å²) in [5.41, 5.74) is 1.88. The molecule has 0 bridgehead atoms. The van der Waals surface area contributed by atoms with Crippen LogP contribution in [0, 0.1) is 10.1 Å². The minimum Gasteiger partial charge on any atom is -0.443 e. The van der Waals surface area contributed by atoms with E-state index in [1.807, 2.05) is 67.9 Å². The zero-order chi connectivity index (χ0) is 25.2. The minimum atomic E-state index is -0.608. The van der Waals surface area contributed by atoms with Crippen molar-refractivity contribution in [3.05, 3.63) is 88.9 Å². The first-order valence-corrected chi connectivity index (χ1v) is 11.8. The number of para-hydroxylation sites is 1. The minimum absolute atomic E-state index is 0.0596. The molecule has 2 heterocycles. The number of fused-ring (bicyclic) bond motifs is 1. The molecule has 0 radical (unpaired) electrons. The van der Waals surface area contributed by atoms with Crippen LogP contribution < -0.4 is 4.90 Å². The summed E-state index contributed by atoms with van der Waals surface area (Å²) in [4.78, 5) is 31.1. The van der Waals surface area contributed by atoms with E-state index < -0.39 is 11.7 Å². The number of hydrogen-bond acceptors (Lipinski definition) is 6. The van der Waals surface area contributed by atoms with Gasteiger partial charge in [0.25, 0.3) is 5.69 Å². The molecule has 0 aliphatic heterocycles. The van der Waals surface area contributed by atoms with Gasteiger partial charge in [0, 0.05) is 41.5 Å². The molecule has 4 rings (SSSR count). The van der Waals surface area contributed by atoms with Crippen LogP contribution in [0.2, 0.25) is 0 Å². The number of benzene rings is 2. The van der Waals surface area contributed by atoms with E-state index in [4.69, 9.17) is 4.74 Å². The number of hydrogen-bond donors (Lipinski definition) is 0. The lowest BCUT2D eigenvalue weighted by molar-refractivity contribution is -0.387. The standard InChI is InChI=1S/C26H26N4O4S/c1-26(2,3)34-25(31)28(4)19-12-13-20-22(15-19)29(16-18-9-7-8-14-27-18)17-24(20)35-23-11-6-5-10-21(23)30(32)33/h5-15,17H,16H2,1-4H3. The first-order valence-electron chi connectivity index (χ1n) is 11.0. The lowest BCUT2D eigenvalue weighted by Crippen LogP contribution is -2.34. The Labute approximate surface area is 207 Å². The van der Waals surface area contributed by atoms with E-state index >= 15 is 0 Å². The fourth-order valence-corrected chi connectivity index (χ4v) is 4.68. The van der Waals surface area contributed by atoms with E-state index in [-0.39, 0.29) is 10.6 Å². The van der Waals surface area contributed by atoms with Gasteiger partial charge in [0.15, 0.2) is 0 Å². The van der Waals surface area contributed by atoms with Gasteiger partial charge >= 0.3 is 6.09 Å². The molecular weight excluding hydrogens is 464 g/mol. The molecule has 0 saturated heterocycles. The summed E-state index contributed by atoms with van der Waals surface area (Å²) in [7, 11) is 1.67. The smallest absolute Gasteiger partial charge is 0.414 e. The van der Waals surface area contributed by atoms with Gasteiger partial charge in [0.1, 0.15) is 5.60 Å². The Kier molecular flexibility index (Phi) is 6.79. The maximum atomic E-state index is 12.6. The number of carbonyl (C=O) groups excluding carboxylic acids is 1. The monoisotopic (exact) mass is 490 g/mol. The van der Waals surface area contributed by atoms with Crippen LogP contribution in [0.15, 0.2) is 82.8 Å². The highest BCUT2D eigenvalue weighted by atomic mass is 32.2. The number of nitro benzene ring substituents is 1. The second-order valence-corrected chi connectivity index (χ2v) is 10.1. The predicted octanol–water partition coefficient (Wildman–Crippen LogP) is 6.52. The SMILES string of the molecule is CN(C(=O)OC(C)(C)C)c1ccc2c(Sc3ccccc3[N+](=O)[O-])cn(Cc3ccccn3)c2c1. The molecular formula is C26H26N4O4S. The molecule has 0 aliphatic carbocycles. The zero-order valence-electron chi connectivity index (χ0n) is 20.0. The highest BCUT2D eigenvalue weighted by molar-refractivity contribution is 7.99. The lowest BCUT2D eigenvalue weighted by Gasteiger charge is -2.24. The summed E-state index contributed by atoms with van der Waals surface area (Å²) in [6, 6.07) is 18.1. The number of amides is 1. The fourth-order valence-electron chi connectivity index (χ4n) is 3.58. The van der Waals surface area contributed by atoms with Crippen molar-refractivity contribution in [3.63, 3.8) is 0 Å². The summed E-state index contributed by atoms with van der Waals surface area (Å²) in [5, 5.41) is 12.5. The summed E-state index contributed by atoms with van der Waals surface area (Å²) in [6.07, 6.45) is 3.26. The van der Waals surface area contributed by atoms with E-state index in [1.54, 1.807) is 31.4 Å². The predicted molar refractivity (Wildman–Crippen MR) is 137 cm³/mol. The summed E-state index contributed by atoms with van der Waals surface area (Å²) >= 11 is 1.34. The molecule has 0 saturated carbocycles. The van der Waals surface area contributed by atoms with Gasteiger partial charge in [-0.1, -0.05) is 30.0 Å². The number of pyridine rings is 1. The van der Waals surface area contributed by atoms with Crippen LogP contribution in [0.4, 0.5) is 16.2 Å². The van der Waals surface area contributed by atoms with Crippen molar-refractivity contribution in [2.45, 2.75) is 42.7 Å². The Morgan fingerprint density at radius 3 is 2.54 bits per heavy atom. The van der Waals surface area contributed by atoms with Gasteiger partial charge < -0.3 is 9.30 Å². The molecule has 9 heteroatoms. The van der Waals surface area contributed by atoms with Crippen molar-refractivity contribution in [1.29, 1.82) is 0 Å². The van der Waals surface area contributed by atoms with Crippen LogP contribution in [0.1, 0.15) is 26.5 Å². The highest BCUT2D eigenvalue weighted by Crippen LogP contribution is 2.40. The number of ether oxygens (including phenoxy) is 1. The highest BCUT2D eigenvalue weighted by Gasteiger charge is 2.22. The van der Waals surface area contributed by atoms with Crippen LogP contribution >= 0.6 is 11.8 Å². The molecule has 4 aromatic rings. The first kappa shape index (κ1) is 24.3. The van der Waals surface area contributed by atoms with Crippen molar-refractivity contribution in [2.75, 3.05) is 11.9 Å². The molecule has 0 N–H and O–H groups in total. The second-order valence-electron chi connectivity index (χ2n) is 9.01. The second kappa shape index (κ2) is 9.79. The molecule has 35 heavy (non-hydrogen) atoms. The van der Waals surface area contributed by atoms with Crippen LogP contribution in [0.25, 0.3) is 10.9 Å². The Hall–Kier alpha value is -3.85. The van der Waals surface area contributed by atoms with E-state index in [9.17, 15) is 14.9 Å². The Morgan fingerprint density at radius 2 is 1.86 bits per heavy atom. The first-order chi connectivity index (χ1) is 16.6. The summed E-state index contributed by atoms with van der Waals surface area (Å²) in [5.74, 6) is 0. The number of nitrogens with zero attached hydrogens (tertiary/aromatic N) is 4. The quantitative estimate of drug-likeness (QED) is 0.226. The van der Waals surface area contributed by atoms with Gasteiger partial charge in [-0.15, -0.1) is 0 Å². The van der Waals surface area contributed by atoms with Crippen molar-refractivity contribution in [1.82, 2.24) is 9.55 Å². The van der Waals surface area contributed by atoms with Gasteiger partial charge in [-0.3, -0.25) is 20.0 Å². The van der Waals surface area contributed by atoms with Crippen molar-refractivity contribution >= 4 is 40.1 Å². The van der Waals surface area contributed by atoms with Gasteiger partial charge in [-0.25, -0.2) is 4.79 Å². The lowest BCUT2D eigenvalue weighted by atomic mass is 10.2. The topological polar surface area (TPSA) is 90.5 Å². The third kappa shape index (κ3) is 5.63. The van der Waals surface area contributed by atoms with Gasteiger partial charge in [-0.05, 0) is 57.2 Å². The molecule has 180 valence electrons. The molecule has 0 aliphatic rings. The normalized spacial score (nSPS) is 11.4. The summed E-state index contributed by atoms with van der Waals surface area (Å²) < 4.78 is 7.56. The van der Waals surface area contributed by atoms with E-state index in [1.165, 1.54) is 22.7 Å². The maximum absolute atomic E-state index is 12.6. The number of aromatic nitrogens is 2. The van der Waals surface area contributed by atoms with E-state index in [0.29, 0.717) is 17.1 Å². The Balaban J connectivity index is 1.77. The van der Waals surface area contributed by atoms with Crippen molar-refractivity contribution < 1.29 is 14.5 Å². The average Bonchev–Trinajstić information content (AvgIpc) is 3.14. The molecule has 0 spiro atoms. The van der Waals surface area contributed by atoms with E-state index in [0.717, 1.165) is 21.5 Å². The molecule has 1 amide bonds. The molecule has 8 nitrogen and oxygen atoms in total. The van der Waals surface area contributed by atoms with Crippen LogP contribution in [0.5, 0.6) is 0 Å². The molecule has 2 aromatic heterocycles. The van der Waals surface area contributed by atoms with Crippen LogP contribution in [0.3, 0.4) is 0 Å². The van der Waals surface area contributed by atoms with Crippen molar-refractivity contribution in [3.8, 4) is 0 Å².